The minimum Gasteiger partial charge on any atom is -0.388 e. The lowest BCUT2D eigenvalue weighted by atomic mass is 10.0. The predicted octanol–water partition coefficient (Wildman–Crippen LogP) is 4.57. The van der Waals surface area contributed by atoms with Crippen LogP contribution in [0.4, 0.5) is 11.8 Å². The number of nitrogens with one attached hydrogen (secondary N) is 2. The molecule has 4 aromatic heterocycles. The van der Waals surface area contributed by atoms with Crippen molar-refractivity contribution in [2.75, 3.05) is 22.9 Å². The van der Waals surface area contributed by atoms with Crippen LogP contribution in [-0.4, -0.2) is 67.7 Å². The van der Waals surface area contributed by atoms with Gasteiger partial charge >= 0.3 is 0 Å². The van der Waals surface area contributed by atoms with Gasteiger partial charge in [-0.1, -0.05) is 0 Å². The van der Waals surface area contributed by atoms with Crippen LogP contribution in [0.25, 0.3) is 20.8 Å². The summed E-state index contributed by atoms with van der Waals surface area (Å²) in [5, 5.41) is 30.3. The maximum absolute atomic E-state index is 13.2. The van der Waals surface area contributed by atoms with Crippen molar-refractivity contribution in [1.29, 1.82) is 0 Å². The van der Waals surface area contributed by atoms with Crippen LogP contribution in [0.15, 0.2) is 16.6 Å². The second kappa shape index (κ2) is 10.7. The Morgan fingerprint density at radius 3 is 2.51 bits per heavy atom. The molecule has 0 amide bonds. The highest BCUT2D eigenvalue weighted by atomic mass is 32.2. The Labute approximate surface area is 258 Å². The molecule has 3 aliphatic rings. The fraction of sp³-hybridized carbons (Fsp3) is 0.552. The van der Waals surface area contributed by atoms with E-state index in [9.17, 15) is 18.6 Å². The molecule has 0 spiro atoms. The Morgan fingerprint density at radius 2 is 1.81 bits per heavy atom. The summed E-state index contributed by atoms with van der Waals surface area (Å²) in [6.45, 7) is 6.27. The summed E-state index contributed by atoms with van der Waals surface area (Å²) in [5.41, 5.74) is 2.10. The van der Waals surface area contributed by atoms with Gasteiger partial charge in [-0.3, -0.25) is 4.98 Å². The molecule has 11 nitrogen and oxygen atoms in total. The lowest BCUT2D eigenvalue weighted by Crippen LogP contribution is -2.48. The second-order valence-corrected chi connectivity index (χ2v) is 16.7. The molecular weight excluding hydrogens is 607 g/mol. The molecular formula is C29H35N7O4S3. The number of aliphatic hydroxyl groups is 2. The molecule has 14 heteroatoms. The Bertz CT molecular complexity index is 1800. The van der Waals surface area contributed by atoms with Crippen molar-refractivity contribution >= 4 is 54.5 Å². The number of hydrogen-bond donors (Lipinski definition) is 4. The Morgan fingerprint density at radius 1 is 1.02 bits per heavy atom. The highest BCUT2D eigenvalue weighted by Crippen LogP contribution is 2.45. The van der Waals surface area contributed by atoms with Crippen LogP contribution >= 0.6 is 22.7 Å². The zero-order chi connectivity index (χ0) is 30.1. The molecule has 4 N–H and O–H groups in total. The third-order valence-electron chi connectivity index (χ3n) is 8.72. The largest absolute Gasteiger partial charge is 0.388 e. The molecule has 7 rings (SSSR count). The number of fused-ring (bicyclic) bond motifs is 1. The number of thiazole rings is 2. The van der Waals surface area contributed by atoms with Crippen molar-refractivity contribution in [1.82, 2.24) is 24.9 Å². The molecule has 4 aromatic rings. The number of pyridine rings is 1. The lowest BCUT2D eigenvalue weighted by molar-refractivity contribution is -0.0442. The van der Waals surface area contributed by atoms with Gasteiger partial charge in [-0.25, -0.2) is 23.4 Å². The number of nitrogens with zero attached hydrogens (tertiary/aromatic N) is 5. The molecule has 3 atom stereocenters. The molecule has 0 radical (unpaired) electrons. The molecule has 3 aliphatic carbocycles. The first-order valence-corrected chi connectivity index (χ1v) is 18.0. The predicted molar refractivity (Wildman–Crippen MR) is 167 cm³/mol. The summed E-state index contributed by atoms with van der Waals surface area (Å²) >= 11 is 2.66. The number of aromatic nitrogens is 5. The normalized spacial score (nSPS) is 24.1. The number of aryl methyl sites for hydroxylation is 3. The quantitative estimate of drug-likeness (QED) is 0.179. The molecule has 228 valence electrons. The molecule has 0 aromatic carbocycles. The van der Waals surface area contributed by atoms with E-state index >= 15 is 0 Å². The lowest BCUT2D eigenvalue weighted by Gasteiger charge is -2.31. The zero-order valence-corrected chi connectivity index (χ0v) is 26.7. The summed E-state index contributed by atoms with van der Waals surface area (Å²) < 4.78 is 27.4. The van der Waals surface area contributed by atoms with Crippen LogP contribution in [0.2, 0.25) is 0 Å². The number of sulfone groups is 1. The van der Waals surface area contributed by atoms with Crippen LogP contribution < -0.4 is 10.6 Å². The van der Waals surface area contributed by atoms with Gasteiger partial charge in [0.25, 0.3) is 0 Å². The molecule has 4 heterocycles. The van der Waals surface area contributed by atoms with E-state index in [1.165, 1.54) is 24.2 Å². The van der Waals surface area contributed by atoms with Crippen molar-refractivity contribution in [2.45, 2.75) is 81.4 Å². The molecule has 0 aliphatic heterocycles. The summed E-state index contributed by atoms with van der Waals surface area (Å²) in [6.07, 6.45) is 5.51. The highest BCUT2D eigenvalue weighted by Gasteiger charge is 2.49. The minimum absolute atomic E-state index is 0.0501. The molecule has 0 unspecified atom stereocenters. The Kier molecular flexibility index (Phi) is 7.20. The topological polar surface area (TPSA) is 163 Å². The standard InChI is InChI=1S/C29H35N7O4S3/c1-14-16(3)41-28(33-14)43(39,40)13-19-8-10-29(38,24(19)37)36-25-21(15(2)32-27(35-25)31-12-17-4-5-17)26-34-23-20(42-26)9-11-30-22(23)18-6-7-18/h9,11,17-19,24,37-38H,4-8,10,12-13H2,1-3H3,(H2,31,32,35,36)/t19-,24-,29-/m1/s1. The summed E-state index contributed by atoms with van der Waals surface area (Å²) in [5.74, 6) is 0.835. The summed E-state index contributed by atoms with van der Waals surface area (Å²) in [4.78, 5) is 24.2. The second-order valence-electron chi connectivity index (χ2n) is 12.2. The van der Waals surface area contributed by atoms with Crippen molar-refractivity contribution in [2.24, 2.45) is 11.8 Å². The molecule has 3 fully saturated rings. The Hall–Kier alpha value is -2.78. The SMILES string of the molecule is Cc1nc(S(=O)(=O)C[C@H]2CC[C@](O)(Nc3nc(NCC4CC4)nc(C)c3-c3nc4c(C5CC5)nccc4s3)[C@@H]2O)sc1C. The van der Waals surface area contributed by atoms with E-state index in [2.05, 4.69) is 20.6 Å². The van der Waals surface area contributed by atoms with E-state index < -0.39 is 27.6 Å². The van der Waals surface area contributed by atoms with Crippen LogP contribution in [-0.2, 0) is 9.84 Å². The average molecular weight is 642 g/mol. The smallest absolute Gasteiger partial charge is 0.224 e. The van der Waals surface area contributed by atoms with Gasteiger partial charge in [0, 0.05) is 29.5 Å². The fourth-order valence-electron chi connectivity index (χ4n) is 5.74. The van der Waals surface area contributed by atoms with Gasteiger partial charge in [-0.15, -0.1) is 22.7 Å². The van der Waals surface area contributed by atoms with Crippen LogP contribution in [0.3, 0.4) is 0 Å². The van der Waals surface area contributed by atoms with Gasteiger partial charge in [0.2, 0.25) is 20.1 Å². The van der Waals surface area contributed by atoms with E-state index in [0.29, 0.717) is 52.0 Å². The molecule has 0 bridgehead atoms. The number of hydrogen-bond acceptors (Lipinski definition) is 13. The van der Waals surface area contributed by atoms with Crippen LogP contribution in [0.1, 0.15) is 66.4 Å². The third-order valence-corrected chi connectivity index (χ3v) is 13.1. The van der Waals surface area contributed by atoms with Crippen LogP contribution in [0, 0.1) is 32.6 Å². The van der Waals surface area contributed by atoms with E-state index in [0.717, 1.165) is 51.5 Å². The van der Waals surface area contributed by atoms with E-state index in [-0.39, 0.29) is 16.5 Å². The van der Waals surface area contributed by atoms with Crippen molar-refractivity contribution in [3.8, 4) is 10.6 Å². The minimum atomic E-state index is -3.74. The maximum atomic E-state index is 13.2. The van der Waals surface area contributed by atoms with Crippen LogP contribution in [0.5, 0.6) is 0 Å². The van der Waals surface area contributed by atoms with Crippen molar-refractivity contribution in [3.05, 3.63) is 34.2 Å². The van der Waals surface area contributed by atoms with Gasteiger partial charge in [-0.2, -0.15) is 4.98 Å². The van der Waals surface area contributed by atoms with Gasteiger partial charge < -0.3 is 20.8 Å². The van der Waals surface area contributed by atoms with Gasteiger partial charge in [0.1, 0.15) is 22.4 Å². The first-order chi connectivity index (χ1) is 20.5. The van der Waals surface area contributed by atoms with Crippen molar-refractivity contribution in [3.63, 3.8) is 0 Å². The highest BCUT2D eigenvalue weighted by molar-refractivity contribution is 7.93. The maximum Gasteiger partial charge on any atom is 0.224 e. The van der Waals surface area contributed by atoms with E-state index in [1.54, 1.807) is 6.92 Å². The monoisotopic (exact) mass is 641 g/mol. The summed E-state index contributed by atoms with van der Waals surface area (Å²) in [6, 6.07) is 1.96. The van der Waals surface area contributed by atoms with Gasteiger partial charge in [0.05, 0.1) is 33.1 Å². The fourth-order valence-corrected chi connectivity index (χ4v) is 9.86. The summed E-state index contributed by atoms with van der Waals surface area (Å²) in [7, 11) is -3.74. The Balaban J connectivity index is 1.21. The molecule has 3 saturated carbocycles. The van der Waals surface area contributed by atoms with Gasteiger partial charge in [-0.05, 0) is 71.3 Å². The average Bonchev–Trinajstić information content (AvgIpc) is 3.88. The molecule has 0 saturated heterocycles. The number of anilines is 2. The number of rotatable bonds is 10. The van der Waals surface area contributed by atoms with Gasteiger partial charge in [0.15, 0.2) is 5.72 Å². The first kappa shape index (κ1) is 29.0. The van der Waals surface area contributed by atoms with Crippen molar-refractivity contribution < 1.29 is 18.6 Å². The number of aliphatic hydroxyl groups excluding tert-OH is 1. The first-order valence-electron chi connectivity index (χ1n) is 14.7. The third kappa shape index (κ3) is 5.63. The van der Waals surface area contributed by atoms with E-state index in [4.69, 9.17) is 15.0 Å². The zero-order valence-electron chi connectivity index (χ0n) is 24.3. The van der Waals surface area contributed by atoms with E-state index in [1.807, 2.05) is 26.1 Å². The molecule has 43 heavy (non-hydrogen) atoms.